The van der Waals surface area contributed by atoms with Crippen LogP contribution in [-0.4, -0.2) is 83.1 Å². The zero-order chi connectivity index (χ0) is 27.0. The first kappa shape index (κ1) is 31.5. The van der Waals surface area contributed by atoms with Crippen molar-refractivity contribution >= 4 is 35.6 Å². The first-order chi connectivity index (χ1) is 16.4. The molecule has 15 nitrogen and oxygen atoms in total. The highest BCUT2D eigenvalue weighted by Crippen LogP contribution is 2.06. The van der Waals surface area contributed by atoms with Gasteiger partial charge in [-0.15, -0.1) is 0 Å². The van der Waals surface area contributed by atoms with Crippen molar-refractivity contribution in [2.24, 2.45) is 27.9 Å². The molecule has 0 heterocycles. The average Bonchev–Trinajstić information content (AvgIpc) is 2.77. The number of unbranched alkanes of at least 4 members (excludes halogenated alkanes) is 1. The summed E-state index contributed by atoms with van der Waals surface area (Å²) in [5.74, 6) is -4.77. The number of carbonyl (C=O) groups is 5. The van der Waals surface area contributed by atoms with E-state index in [-0.39, 0.29) is 31.8 Å². The Morgan fingerprint density at radius 3 is 1.94 bits per heavy atom. The van der Waals surface area contributed by atoms with Crippen molar-refractivity contribution in [1.82, 2.24) is 16.0 Å². The summed E-state index contributed by atoms with van der Waals surface area (Å²) in [7, 11) is 0. The predicted octanol–water partition coefficient (Wildman–Crippen LogP) is -3.08. The van der Waals surface area contributed by atoms with Gasteiger partial charge in [0.05, 0.1) is 6.04 Å². The molecule has 0 aliphatic carbocycles. The molecule has 0 aromatic rings. The van der Waals surface area contributed by atoms with Gasteiger partial charge in [0.1, 0.15) is 18.1 Å². The Morgan fingerprint density at radius 1 is 0.829 bits per heavy atom. The number of aliphatic imine (C=N–C) groups is 1. The Labute approximate surface area is 203 Å². The van der Waals surface area contributed by atoms with Gasteiger partial charge in [-0.25, -0.2) is 0 Å². The van der Waals surface area contributed by atoms with Gasteiger partial charge < -0.3 is 49.1 Å². The van der Waals surface area contributed by atoms with Crippen LogP contribution in [0.3, 0.4) is 0 Å². The summed E-state index contributed by atoms with van der Waals surface area (Å²) in [6.45, 7) is 1.87. The van der Waals surface area contributed by atoms with Crippen molar-refractivity contribution in [2.45, 2.75) is 76.0 Å². The summed E-state index contributed by atoms with van der Waals surface area (Å²) in [4.78, 5) is 63.8. The lowest BCUT2D eigenvalue weighted by Gasteiger charge is -2.24. The number of nitrogens with two attached hydrogens (primary N) is 4. The lowest BCUT2D eigenvalue weighted by Crippen LogP contribution is -2.56. The SMILES string of the molecule is CC(NC(=O)C(CCCCN)NC(=O)C(CCC(=O)O)NC(=O)C(N)CCCN=C(N)N)C(=O)O. The molecule has 0 saturated carbocycles. The number of nitrogens with one attached hydrogen (secondary N) is 3. The first-order valence-corrected chi connectivity index (χ1v) is 11.3. The summed E-state index contributed by atoms with van der Waals surface area (Å²) in [5.41, 5.74) is 21.8. The maximum Gasteiger partial charge on any atom is 0.325 e. The highest BCUT2D eigenvalue weighted by atomic mass is 16.4. The fourth-order valence-corrected chi connectivity index (χ4v) is 2.88. The summed E-state index contributed by atoms with van der Waals surface area (Å²) >= 11 is 0. The predicted molar refractivity (Wildman–Crippen MR) is 127 cm³/mol. The molecule has 0 spiro atoms. The van der Waals surface area contributed by atoms with E-state index in [1.807, 2.05) is 0 Å². The van der Waals surface area contributed by atoms with E-state index in [9.17, 15) is 24.0 Å². The molecule has 0 aliphatic rings. The summed E-state index contributed by atoms with van der Waals surface area (Å²) in [5, 5.41) is 25.2. The van der Waals surface area contributed by atoms with Gasteiger partial charge in [0.2, 0.25) is 17.7 Å². The number of aliphatic carboxylic acids is 2. The number of nitrogens with zero attached hydrogens (tertiary/aromatic N) is 1. The monoisotopic (exact) mass is 502 g/mol. The highest BCUT2D eigenvalue weighted by molar-refractivity contribution is 5.94. The zero-order valence-corrected chi connectivity index (χ0v) is 19.9. The van der Waals surface area contributed by atoms with Crippen LogP contribution in [0.2, 0.25) is 0 Å². The van der Waals surface area contributed by atoms with Gasteiger partial charge in [0, 0.05) is 13.0 Å². The lowest BCUT2D eigenvalue weighted by atomic mass is 10.0. The van der Waals surface area contributed by atoms with Gasteiger partial charge in [-0.05, 0) is 52.0 Å². The summed E-state index contributed by atoms with van der Waals surface area (Å²) in [6, 6.07) is -4.61. The number of hydrogen-bond donors (Lipinski definition) is 9. The van der Waals surface area contributed by atoms with Crippen LogP contribution in [0.25, 0.3) is 0 Å². The number of rotatable bonds is 18. The van der Waals surface area contributed by atoms with Crippen molar-refractivity contribution in [3.8, 4) is 0 Å². The number of carboxylic acid groups (broad SMARTS) is 2. The molecule has 3 amide bonds. The molecule has 0 fully saturated rings. The Kier molecular flexibility index (Phi) is 15.4. The number of guanidine groups is 1. The average molecular weight is 503 g/mol. The normalized spacial score (nSPS) is 14.0. The molecule has 0 radical (unpaired) electrons. The number of amides is 3. The van der Waals surface area contributed by atoms with Gasteiger partial charge in [-0.2, -0.15) is 0 Å². The molecule has 4 atom stereocenters. The zero-order valence-electron chi connectivity index (χ0n) is 19.9. The van der Waals surface area contributed by atoms with E-state index in [1.54, 1.807) is 0 Å². The molecular weight excluding hydrogens is 464 g/mol. The molecule has 0 aromatic carbocycles. The molecular formula is C20H38N8O7. The van der Waals surface area contributed by atoms with Crippen molar-refractivity contribution < 1.29 is 34.2 Å². The van der Waals surface area contributed by atoms with Crippen molar-refractivity contribution in [1.29, 1.82) is 0 Å². The fraction of sp³-hybridized carbons (Fsp3) is 0.700. The second-order valence-corrected chi connectivity index (χ2v) is 7.96. The summed E-state index contributed by atoms with van der Waals surface area (Å²) in [6.07, 6.45) is 1.08. The van der Waals surface area contributed by atoms with E-state index in [1.165, 1.54) is 6.92 Å². The van der Waals surface area contributed by atoms with E-state index in [0.29, 0.717) is 25.8 Å². The van der Waals surface area contributed by atoms with Gasteiger partial charge in [-0.1, -0.05) is 0 Å². The third-order valence-electron chi connectivity index (χ3n) is 4.89. The molecule has 200 valence electrons. The van der Waals surface area contributed by atoms with Crippen LogP contribution in [0.5, 0.6) is 0 Å². The molecule has 35 heavy (non-hydrogen) atoms. The topological polar surface area (TPSA) is 278 Å². The molecule has 13 N–H and O–H groups in total. The lowest BCUT2D eigenvalue weighted by molar-refractivity contribution is -0.141. The standard InChI is InChI=1S/C20H38N8O7/c1-11(19(34)35)26-17(32)13(6-2-3-9-21)28-18(33)14(7-8-15(29)30)27-16(31)12(22)5-4-10-25-20(23)24/h11-14H,2-10,21-22H2,1H3,(H,26,32)(H,27,31)(H,28,33)(H,29,30)(H,34,35)(H4,23,24,25). The van der Waals surface area contributed by atoms with Gasteiger partial charge in [-0.3, -0.25) is 29.0 Å². The first-order valence-electron chi connectivity index (χ1n) is 11.3. The minimum atomic E-state index is -1.29. The van der Waals surface area contributed by atoms with Crippen LogP contribution in [0.15, 0.2) is 4.99 Å². The number of carboxylic acids is 2. The smallest absolute Gasteiger partial charge is 0.325 e. The largest absolute Gasteiger partial charge is 0.481 e. The van der Waals surface area contributed by atoms with Crippen LogP contribution in [0.1, 0.15) is 51.9 Å². The van der Waals surface area contributed by atoms with Gasteiger partial charge in [0.15, 0.2) is 5.96 Å². The van der Waals surface area contributed by atoms with E-state index < -0.39 is 60.2 Å². The van der Waals surface area contributed by atoms with Crippen molar-refractivity contribution in [3.63, 3.8) is 0 Å². The van der Waals surface area contributed by atoms with E-state index in [4.69, 9.17) is 33.1 Å². The number of carbonyl (C=O) groups excluding carboxylic acids is 3. The number of hydrogen-bond acceptors (Lipinski definition) is 8. The quantitative estimate of drug-likeness (QED) is 0.0514. The summed E-state index contributed by atoms with van der Waals surface area (Å²) < 4.78 is 0. The molecule has 0 rings (SSSR count). The van der Waals surface area contributed by atoms with Crippen LogP contribution < -0.4 is 38.9 Å². The Hall–Kier alpha value is -3.46. The van der Waals surface area contributed by atoms with Gasteiger partial charge in [0.25, 0.3) is 0 Å². The van der Waals surface area contributed by atoms with Crippen LogP contribution in [0.4, 0.5) is 0 Å². The molecule has 15 heteroatoms. The maximum absolute atomic E-state index is 12.9. The highest BCUT2D eigenvalue weighted by Gasteiger charge is 2.29. The van der Waals surface area contributed by atoms with Crippen LogP contribution >= 0.6 is 0 Å². The fourth-order valence-electron chi connectivity index (χ4n) is 2.88. The van der Waals surface area contributed by atoms with Crippen molar-refractivity contribution in [2.75, 3.05) is 13.1 Å². The molecule has 0 saturated heterocycles. The Morgan fingerprint density at radius 2 is 1.40 bits per heavy atom. The third kappa shape index (κ3) is 14.4. The Balaban J connectivity index is 5.33. The van der Waals surface area contributed by atoms with E-state index >= 15 is 0 Å². The third-order valence-corrected chi connectivity index (χ3v) is 4.89. The molecule has 0 bridgehead atoms. The van der Waals surface area contributed by atoms with E-state index in [2.05, 4.69) is 20.9 Å². The second-order valence-electron chi connectivity index (χ2n) is 7.96. The minimum absolute atomic E-state index is 0.101. The maximum atomic E-state index is 12.9. The van der Waals surface area contributed by atoms with Crippen molar-refractivity contribution in [3.05, 3.63) is 0 Å². The second kappa shape index (κ2) is 17.0. The minimum Gasteiger partial charge on any atom is -0.481 e. The van der Waals surface area contributed by atoms with Crippen LogP contribution in [0, 0.1) is 0 Å². The van der Waals surface area contributed by atoms with E-state index in [0.717, 1.165) is 0 Å². The van der Waals surface area contributed by atoms with Gasteiger partial charge >= 0.3 is 11.9 Å². The molecule has 4 unspecified atom stereocenters. The van der Waals surface area contributed by atoms with Crippen LogP contribution in [-0.2, 0) is 24.0 Å². The molecule has 0 aliphatic heterocycles. The molecule has 0 aromatic heterocycles. The Bertz CT molecular complexity index is 758.